The Kier molecular flexibility index (Phi) is 5.53. The van der Waals surface area contributed by atoms with Crippen LogP contribution in [0.25, 0.3) is 0 Å². The van der Waals surface area contributed by atoms with Gasteiger partial charge in [-0.2, -0.15) is 0 Å². The van der Waals surface area contributed by atoms with Crippen LogP contribution in [0, 0.1) is 0 Å². The summed E-state index contributed by atoms with van der Waals surface area (Å²) in [5.74, 6) is -1.38. The fourth-order valence-electron chi connectivity index (χ4n) is 2.97. The third-order valence-electron chi connectivity index (χ3n) is 4.16. The Morgan fingerprint density at radius 2 is 2.00 bits per heavy atom. The lowest BCUT2D eigenvalue weighted by molar-refractivity contribution is 0.0600. The average molecular weight is 390 g/mol. The Hall–Kier alpha value is -2.45. The first-order valence-electron chi connectivity index (χ1n) is 8.14. The molecule has 1 heterocycles. The molecule has 1 aromatic heterocycles. The third kappa shape index (κ3) is 3.86. The second-order valence-electron chi connectivity index (χ2n) is 5.87. The van der Waals surface area contributed by atoms with Gasteiger partial charge in [-0.25, -0.2) is 9.59 Å². The lowest BCUT2D eigenvalue weighted by Gasteiger charge is -2.12. The number of rotatable bonds is 4. The summed E-state index contributed by atoms with van der Waals surface area (Å²) in [5.41, 5.74) is 2.32. The molecular formula is C18H18N2O4S2. The van der Waals surface area contributed by atoms with Gasteiger partial charge in [0.05, 0.1) is 18.2 Å². The van der Waals surface area contributed by atoms with Crippen molar-refractivity contribution in [2.24, 2.45) is 0 Å². The zero-order valence-electron chi connectivity index (χ0n) is 14.1. The average Bonchev–Trinajstić information content (AvgIpc) is 2.98. The highest BCUT2D eigenvalue weighted by Crippen LogP contribution is 2.38. The molecular weight excluding hydrogens is 372 g/mol. The summed E-state index contributed by atoms with van der Waals surface area (Å²) in [6.07, 6.45) is 3.97. The van der Waals surface area contributed by atoms with Crippen LogP contribution in [0.5, 0.6) is 0 Å². The molecule has 6 nitrogen and oxygen atoms in total. The minimum Gasteiger partial charge on any atom is -0.478 e. The summed E-state index contributed by atoms with van der Waals surface area (Å²) < 4.78 is 4.94. The number of carbonyl (C=O) groups excluding carboxylic acids is 1. The van der Waals surface area contributed by atoms with E-state index in [1.165, 1.54) is 35.5 Å². The van der Waals surface area contributed by atoms with Gasteiger partial charge in [0.15, 0.2) is 5.11 Å². The second kappa shape index (κ2) is 7.84. The molecule has 0 amide bonds. The van der Waals surface area contributed by atoms with E-state index in [4.69, 9.17) is 22.1 Å². The van der Waals surface area contributed by atoms with E-state index in [0.29, 0.717) is 16.3 Å². The predicted molar refractivity (Wildman–Crippen MR) is 106 cm³/mol. The first-order chi connectivity index (χ1) is 12.5. The van der Waals surface area contributed by atoms with E-state index in [0.717, 1.165) is 31.2 Å². The molecule has 0 atom stereocenters. The largest absolute Gasteiger partial charge is 0.478 e. The minimum atomic E-state index is -1.01. The second-order valence-corrected chi connectivity index (χ2v) is 7.39. The molecule has 1 aliphatic carbocycles. The summed E-state index contributed by atoms with van der Waals surface area (Å²) in [7, 11) is 1.37. The molecule has 0 saturated heterocycles. The summed E-state index contributed by atoms with van der Waals surface area (Å²) in [4.78, 5) is 24.5. The van der Waals surface area contributed by atoms with E-state index in [1.807, 2.05) is 0 Å². The van der Waals surface area contributed by atoms with Crippen LogP contribution in [-0.2, 0) is 17.6 Å². The molecule has 3 N–H and O–H groups in total. The fraction of sp³-hybridized carbons (Fsp3) is 0.278. The number of hydrogen-bond acceptors (Lipinski definition) is 5. The Balaban J connectivity index is 1.81. The van der Waals surface area contributed by atoms with Crippen molar-refractivity contribution in [3.05, 3.63) is 45.8 Å². The number of carbonyl (C=O) groups is 2. The summed E-state index contributed by atoms with van der Waals surface area (Å²) in [6.45, 7) is 0. The summed E-state index contributed by atoms with van der Waals surface area (Å²) >= 11 is 6.85. The van der Waals surface area contributed by atoms with Crippen molar-refractivity contribution in [2.45, 2.75) is 25.7 Å². The molecule has 1 aliphatic rings. The molecule has 136 valence electrons. The lowest BCUT2D eigenvalue weighted by Crippen LogP contribution is -2.20. The molecule has 0 aliphatic heterocycles. The summed E-state index contributed by atoms with van der Waals surface area (Å²) in [6, 6.07) is 6.36. The molecule has 2 aromatic rings. The van der Waals surface area contributed by atoms with Crippen LogP contribution >= 0.6 is 23.6 Å². The molecule has 0 radical (unpaired) electrons. The van der Waals surface area contributed by atoms with Crippen LogP contribution in [-0.4, -0.2) is 29.3 Å². The lowest BCUT2D eigenvalue weighted by atomic mass is 9.95. The number of anilines is 2. The molecule has 3 rings (SSSR count). The maximum Gasteiger partial charge on any atom is 0.341 e. The molecule has 8 heteroatoms. The van der Waals surface area contributed by atoms with Crippen molar-refractivity contribution in [1.82, 2.24) is 0 Å². The number of aryl methyl sites for hydroxylation is 1. The van der Waals surface area contributed by atoms with Crippen molar-refractivity contribution < 1.29 is 19.4 Å². The van der Waals surface area contributed by atoms with E-state index >= 15 is 0 Å². The van der Waals surface area contributed by atoms with E-state index < -0.39 is 5.97 Å². The topological polar surface area (TPSA) is 87.7 Å². The standard InChI is InChI=1S/C18H18N2O4S2/c1-24-17(23)14-12-7-2-3-8-13(12)26-15(14)20-18(25)19-11-6-4-5-10(9-11)16(21)22/h4-6,9H,2-3,7-8H2,1H3,(H,21,22)(H2,19,20,25). The third-order valence-corrected chi connectivity index (χ3v) is 5.57. The molecule has 0 fully saturated rings. The molecule has 0 saturated carbocycles. The van der Waals surface area contributed by atoms with Crippen molar-refractivity contribution in [1.29, 1.82) is 0 Å². The monoisotopic (exact) mass is 390 g/mol. The van der Waals surface area contributed by atoms with E-state index in [1.54, 1.807) is 12.1 Å². The number of carboxylic acids is 1. The molecule has 26 heavy (non-hydrogen) atoms. The van der Waals surface area contributed by atoms with Gasteiger partial charge in [0.1, 0.15) is 5.00 Å². The van der Waals surface area contributed by atoms with Crippen LogP contribution in [0.1, 0.15) is 44.0 Å². The van der Waals surface area contributed by atoms with Crippen molar-refractivity contribution in [2.75, 3.05) is 17.7 Å². The van der Waals surface area contributed by atoms with Gasteiger partial charge in [-0.05, 0) is 61.7 Å². The first-order valence-corrected chi connectivity index (χ1v) is 9.36. The SMILES string of the molecule is COC(=O)c1c(NC(=S)Nc2cccc(C(=O)O)c2)sc2c1CCCC2. The van der Waals surface area contributed by atoms with E-state index in [9.17, 15) is 9.59 Å². The fourth-order valence-corrected chi connectivity index (χ4v) is 4.53. The number of aromatic carboxylic acids is 1. The van der Waals surface area contributed by atoms with E-state index in [-0.39, 0.29) is 16.6 Å². The molecule has 0 unspecified atom stereocenters. The zero-order valence-corrected chi connectivity index (χ0v) is 15.8. The number of thiocarbonyl (C=S) groups is 1. The van der Waals surface area contributed by atoms with Gasteiger partial charge in [0, 0.05) is 10.6 Å². The maximum absolute atomic E-state index is 12.2. The van der Waals surface area contributed by atoms with Gasteiger partial charge in [0.2, 0.25) is 0 Å². The number of benzene rings is 1. The van der Waals surface area contributed by atoms with E-state index in [2.05, 4.69) is 10.6 Å². The highest BCUT2D eigenvalue weighted by molar-refractivity contribution is 7.80. The first kappa shape index (κ1) is 18.3. The number of thiophene rings is 1. The quantitative estimate of drug-likeness (QED) is 0.539. The number of esters is 1. The van der Waals surface area contributed by atoms with Crippen LogP contribution in [0.15, 0.2) is 24.3 Å². The van der Waals surface area contributed by atoms with Crippen LogP contribution in [0.4, 0.5) is 10.7 Å². The van der Waals surface area contributed by atoms with Crippen molar-refractivity contribution in [3.8, 4) is 0 Å². The van der Waals surface area contributed by atoms with Crippen molar-refractivity contribution >= 4 is 51.3 Å². The Bertz CT molecular complexity index is 876. The smallest absolute Gasteiger partial charge is 0.341 e. The van der Waals surface area contributed by atoms with Gasteiger partial charge in [-0.1, -0.05) is 6.07 Å². The normalized spacial score (nSPS) is 12.8. The Labute approximate surface area is 160 Å². The summed E-state index contributed by atoms with van der Waals surface area (Å²) in [5, 5.41) is 16.1. The van der Waals surface area contributed by atoms with Gasteiger partial charge in [-0.15, -0.1) is 11.3 Å². The zero-order chi connectivity index (χ0) is 18.7. The van der Waals surface area contributed by atoms with Gasteiger partial charge in [0.25, 0.3) is 0 Å². The number of hydrogen-bond donors (Lipinski definition) is 3. The van der Waals surface area contributed by atoms with Crippen LogP contribution in [0.2, 0.25) is 0 Å². The molecule has 0 bridgehead atoms. The van der Waals surface area contributed by atoms with Gasteiger partial charge in [-0.3, -0.25) is 0 Å². The van der Waals surface area contributed by atoms with Crippen LogP contribution < -0.4 is 10.6 Å². The number of nitrogens with one attached hydrogen (secondary N) is 2. The van der Waals surface area contributed by atoms with Crippen molar-refractivity contribution in [3.63, 3.8) is 0 Å². The highest BCUT2D eigenvalue weighted by Gasteiger charge is 2.26. The van der Waals surface area contributed by atoms with Gasteiger partial charge >= 0.3 is 11.9 Å². The number of methoxy groups -OCH3 is 1. The van der Waals surface area contributed by atoms with Gasteiger partial charge < -0.3 is 20.5 Å². The Morgan fingerprint density at radius 1 is 1.23 bits per heavy atom. The molecule has 0 spiro atoms. The minimum absolute atomic E-state index is 0.166. The maximum atomic E-state index is 12.2. The highest BCUT2D eigenvalue weighted by atomic mass is 32.1. The number of ether oxygens (including phenoxy) is 1. The predicted octanol–water partition coefficient (Wildman–Crippen LogP) is 3.92. The number of fused-ring (bicyclic) bond motifs is 1. The Morgan fingerprint density at radius 3 is 2.73 bits per heavy atom. The molecule has 1 aromatic carbocycles. The number of carboxylic acid groups (broad SMARTS) is 1. The van der Waals surface area contributed by atoms with Crippen LogP contribution in [0.3, 0.4) is 0 Å².